The Kier molecular flexibility index (Phi) is 3.29. The number of para-hydroxylation sites is 2. The van der Waals surface area contributed by atoms with Gasteiger partial charge >= 0.3 is 0 Å². The maximum Gasteiger partial charge on any atom is 0.118 e. The van der Waals surface area contributed by atoms with E-state index in [0.29, 0.717) is 0 Å². The summed E-state index contributed by atoms with van der Waals surface area (Å²) in [5, 5.41) is 4.51. The Morgan fingerprint density at radius 3 is 2.64 bits per heavy atom. The van der Waals surface area contributed by atoms with Crippen LogP contribution in [0.15, 0.2) is 78.2 Å². The summed E-state index contributed by atoms with van der Waals surface area (Å²) in [6.45, 7) is 0. The van der Waals surface area contributed by atoms with Crippen molar-refractivity contribution in [1.29, 1.82) is 0 Å². The lowest BCUT2D eigenvalue weighted by Gasteiger charge is -1.95. The molecule has 0 unspecified atom stereocenters. The van der Waals surface area contributed by atoms with Crippen LogP contribution >= 0.6 is 11.3 Å². The van der Waals surface area contributed by atoms with Crippen molar-refractivity contribution in [2.75, 3.05) is 0 Å². The molecule has 22 heavy (non-hydrogen) atoms. The van der Waals surface area contributed by atoms with E-state index >= 15 is 0 Å². The van der Waals surface area contributed by atoms with Crippen molar-refractivity contribution in [2.24, 2.45) is 5.10 Å². The van der Waals surface area contributed by atoms with Crippen molar-refractivity contribution in [2.45, 2.75) is 0 Å². The molecule has 0 radical (unpaired) electrons. The molecule has 0 amide bonds. The summed E-state index contributed by atoms with van der Waals surface area (Å²) >= 11 is 1.73. The van der Waals surface area contributed by atoms with Crippen LogP contribution in [0.25, 0.3) is 21.5 Å². The van der Waals surface area contributed by atoms with Gasteiger partial charge in [-0.25, -0.2) is 9.66 Å². The molecule has 0 atom stereocenters. The number of rotatable bonds is 3. The summed E-state index contributed by atoms with van der Waals surface area (Å²) in [5.74, 6) is 0. The molecule has 4 heteroatoms. The monoisotopic (exact) mass is 303 g/mol. The minimum absolute atomic E-state index is 0.954. The van der Waals surface area contributed by atoms with Gasteiger partial charge in [-0.2, -0.15) is 5.10 Å². The van der Waals surface area contributed by atoms with E-state index < -0.39 is 0 Å². The van der Waals surface area contributed by atoms with E-state index in [1.54, 1.807) is 22.3 Å². The van der Waals surface area contributed by atoms with Crippen molar-refractivity contribution in [3.8, 4) is 10.4 Å². The molecule has 0 N–H and O–H groups in total. The third kappa shape index (κ3) is 2.44. The Hall–Kier alpha value is -2.72. The fourth-order valence-corrected chi connectivity index (χ4v) is 3.22. The maximum atomic E-state index is 4.51. The average molecular weight is 303 g/mol. The maximum absolute atomic E-state index is 4.51. The van der Waals surface area contributed by atoms with E-state index in [0.717, 1.165) is 15.9 Å². The number of thiophene rings is 1. The highest BCUT2D eigenvalue weighted by Crippen LogP contribution is 2.27. The summed E-state index contributed by atoms with van der Waals surface area (Å²) in [5.41, 5.74) is 3.20. The lowest BCUT2D eigenvalue weighted by molar-refractivity contribution is 0.915. The van der Waals surface area contributed by atoms with Crippen LogP contribution in [0.2, 0.25) is 0 Å². The SMILES string of the molecule is C(=N/n1cnc2ccccc21)/c1ccc(-c2ccccc2)s1. The van der Waals surface area contributed by atoms with Crippen LogP contribution in [0.3, 0.4) is 0 Å². The highest BCUT2D eigenvalue weighted by atomic mass is 32.1. The van der Waals surface area contributed by atoms with Gasteiger partial charge in [0, 0.05) is 9.75 Å². The summed E-state index contributed by atoms with van der Waals surface area (Å²) < 4.78 is 1.80. The highest BCUT2D eigenvalue weighted by molar-refractivity contribution is 7.17. The van der Waals surface area contributed by atoms with E-state index in [4.69, 9.17) is 0 Å². The van der Waals surface area contributed by atoms with Gasteiger partial charge in [-0.3, -0.25) is 0 Å². The molecule has 2 heterocycles. The summed E-state index contributed by atoms with van der Waals surface area (Å²) in [7, 11) is 0. The molecule has 2 aromatic carbocycles. The minimum atomic E-state index is 0.954. The Bertz CT molecular complexity index is 935. The molecule has 2 aromatic heterocycles. The van der Waals surface area contributed by atoms with Gasteiger partial charge in [-0.05, 0) is 29.8 Å². The first-order chi connectivity index (χ1) is 10.9. The Balaban J connectivity index is 1.63. The van der Waals surface area contributed by atoms with Gasteiger partial charge in [0.25, 0.3) is 0 Å². The molecule has 3 nitrogen and oxygen atoms in total. The van der Waals surface area contributed by atoms with Crippen molar-refractivity contribution in [1.82, 2.24) is 9.66 Å². The van der Waals surface area contributed by atoms with E-state index in [9.17, 15) is 0 Å². The Labute approximate surface area is 132 Å². The summed E-state index contributed by atoms with van der Waals surface area (Å²) in [4.78, 5) is 6.71. The molecule has 0 aliphatic heterocycles. The first kappa shape index (κ1) is 13.0. The van der Waals surface area contributed by atoms with Gasteiger partial charge in [-0.1, -0.05) is 42.5 Å². The third-order valence-corrected chi connectivity index (χ3v) is 4.50. The standard InChI is InChI=1S/C18H13N3S/c1-2-6-14(7-3-1)18-11-10-15(22-18)12-20-21-13-19-16-8-4-5-9-17(16)21/h1-13H/b20-12-. The van der Waals surface area contributed by atoms with E-state index in [2.05, 4.69) is 46.5 Å². The third-order valence-electron chi connectivity index (χ3n) is 3.43. The van der Waals surface area contributed by atoms with Crippen LogP contribution in [-0.2, 0) is 0 Å². The molecule has 0 aliphatic carbocycles. The van der Waals surface area contributed by atoms with Crippen LogP contribution in [0.1, 0.15) is 4.88 Å². The molecule has 106 valence electrons. The molecule has 4 rings (SSSR count). The summed E-state index contributed by atoms with van der Waals surface area (Å²) in [6.07, 6.45) is 3.62. The van der Waals surface area contributed by atoms with Crippen LogP contribution < -0.4 is 0 Å². The molecule has 0 aliphatic rings. The number of benzene rings is 2. The number of nitrogens with zero attached hydrogens (tertiary/aromatic N) is 3. The Morgan fingerprint density at radius 1 is 0.909 bits per heavy atom. The molecular formula is C18H13N3S. The highest BCUT2D eigenvalue weighted by Gasteiger charge is 2.02. The Morgan fingerprint density at radius 2 is 1.73 bits per heavy atom. The van der Waals surface area contributed by atoms with E-state index in [1.807, 2.05) is 36.5 Å². The van der Waals surface area contributed by atoms with Gasteiger partial charge in [-0.15, -0.1) is 11.3 Å². The van der Waals surface area contributed by atoms with Gasteiger partial charge < -0.3 is 0 Å². The van der Waals surface area contributed by atoms with E-state index in [1.165, 1.54) is 10.4 Å². The molecule has 0 saturated heterocycles. The van der Waals surface area contributed by atoms with Crippen molar-refractivity contribution >= 4 is 28.6 Å². The van der Waals surface area contributed by atoms with Gasteiger partial charge in [0.15, 0.2) is 0 Å². The molecule has 0 spiro atoms. The van der Waals surface area contributed by atoms with E-state index in [-0.39, 0.29) is 0 Å². The lowest BCUT2D eigenvalue weighted by atomic mass is 10.2. The van der Waals surface area contributed by atoms with Crippen LogP contribution in [-0.4, -0.2) is 15.9 Å². The van der Waals surface area contributed by atoms with Crippen molar-refractivity contribution in [3.63, 3.8) is 0 Å². The quantitative estimate of drug-likeness (QED) is 0.507. The number of aromatic nitrogens is 2. The zero-order chi connectivity index (χ0) is 14.8. The lowest BCUT2D eigenvalue weighted by Crippen LogP contribution is -1.86. The molecule has 0 fully saturated rings. The van der Waals surface area contributed by atoms with Crippen LogP contribution in [0.4, 0.5) is 0 Å². The second-order valence-electron chi connectivity index (χ2n) is 4.89. The molecule has 0 bridgehead atoms. The van der Waals surface area contributed by atoms with Gasteiger partial charge in [0.1, 0.15) is 6.33 Å². The second-order valence-corrected chi connectivity index (χ2v) is 6.01. The second kappa shape index (κ2) is 5.58. The first-order valence-electron chi connectivity index (χ1n) is 7.02. The number of fused-ring (bicyclic) bond motifs is 1. The first-order valence-corrected chi connectivity index (χ1v) is 7.83. The van der Waals surface area contributed by atoms with Crippen molar-refractivity contribution in [3.05, 3.63) is 77.9 Å². The van der Waals surface area contributed by atoms with Gasteiger partial charge in [0.2, 0.25) is 0 Å². The number of hydrogen-bond acceptors (Lipinski definition) is 3. The fraction of sp³-hybridized carbons (Fsp3) is 0. The predicted octanol–water partition coefficient (Wildman–Crippen LogP) is 4.65. The topological polar surface area (TPSA) is 30.2 Å². The number of hydrogen-bond donors (Lipinski definition) is 0. The van der Waals surface area contributed by atoms with Crippen LogP contribution in [0, 0.1) is 0 Å². The molecule has 0 saturated carbocycles. The smallest absolute Gasteiger partial charge is 0.118 e. The largest absolute Gasteiger partial charge is 0.235 e. The van der Waals surface area contributed by atoms with Crippen molar-refractivity contribution < 1.29 is 0 Å². The normalized spacial score (nSPS) is 11.5. The van der Waals surface area contributed by atoms with Gasteiger partial charge in [0.05, 0.1) is 17.2 Å². The fourth-order valence-electron chi connectivity index (χ4n) is 2.34. The predicted molar refractivity (Wildman–Crippen MR) is 92.5 cm³/mol. The van der Waals surface area contributed by atoms with Crippen LogP contribution in [0.5, 0.6) is 0 Å². The summed E-state index contributed by atoms with van der Waals surface area (Å²) in [6, 6.07) is 22.6. The minimum Gasteiger partial charge on any atom is -0.235 e. The average Bonchev–Trinajstić information content (AvgIpc) is 3.21. The molecule has 4 aromatic rings. The molecular weight excluding hydrogens is 290 g/mol. The zero-order valence-corrected chi connectivity index (χ0v) is 12.6. The zero-order valence-electron chi connectivity index (χ0n) is 11.8. The number of imidazole rings is 1.